The van der Waals surface area contributed by atoms with E-state index in [-0.39, 0.29) is 30.7 Å². The van der Waals surface area contributed by atoms with Gasteiger partial charge in [-0.1, -0.05) is 48.5 Å². The number of hydrogen-bond donors (Lipinski definition) is 5. The number of hydrogen-bond acceptors (Lipinski definition) is 8. The average Bonchev–Trinajstić information content (AvgIpc) is 3.02. The molecule has 47 heavy (non-hydrogen) atoms. The SMILES string of the molecule is COc1ccc(CNC(=O)[C@H](Cc2ccc(OCC(=O)O)c(C(=O)O)c2)NC(=O)[C@H](Cc2ccccc2)NC(=O)OC(C)(C)C)cc1. The number of nitrogens with one attached hydrogen (secondary N) is 3. The first-order chi connectivity index (χ1) is 22.2. The number of aromatic carboxylic acids is 1. The zero-order chi connectivity index (χ0) is 34.6. The lowest BCUT2D eigenvalue weighted by molar-refractivity contribution is -0.139. The molecule has 0 fully saturated rings. The van der Waals surface area contributed by atoms with Crippen molar-refractivity contribution in [3.05, 3.63) is 95.1 Å². The number of carboxylic acid groups (broad SMARTS) is 2. The van der Waals surface area contributed by atoms with Crippen LogP contribution in [-0.4, -0.2) is 71.5 Å². The fourth-order valence-corrected chi connectivity index (χ4v) is 4.42. The van der Waals surface area contributed by atoms with Crippen molar-refractivity contribution in [2.24, 2.45) is 0 Å². The second kappa shape index (κ2) is 16.6. The van der Waals surface area contributed by atoms with E-state index in [2.05, 4.69) is 16.0 Å². The summed E-state index contributed by atoms with van der Waals surface area (Å²) >= 11 is 0. The van der Waals surface area contributed by atoms with Crippen LogP contribution in [-0.2, 0) is 38.5 Å². The summed E-state index contributed by atoms with van der Waals surface area (Å²) < 4.78 is 15.6. The Morgan fingerprint density at radius 2 is 1.38 bits per heavy atom. The first kappa shape index (κ1) is 35.9. The fourth-order valence-electron chi connectivity index (χ4n) is 4.42. The quantitative estimate of drug-likeness (QED) is 0.163. The number of amides is 3. The average molecular weight is 650 g/mol. The highest BCUT2D eigenvalue weighted by Crippen LogP contribution is 2.22. The summed E-state index contributed by atoms with van der Waals surface area (Å²) in [6.07, 6.45) is -0.883. The van der Waals surface area contributed by atoms with E-state index in [9.17, 15) is 29.1 Å². The predicted molar refractivity (Wildman–Crippen MR) is 170 cm³/mol. The Morgan fingerprint density at radius 1 is 0.766 bits per heavy atom. The highest BCUT2D eigenvalue weighted by Gasteiger charge is 2.29. The third kappa shape index (κ3) is 12.0. The van der Waals surface area contributed by atoms with Crippen molar-refractivity contribution in [2.45, 2.75) is 57.8 Å². The molecule has 0 saturated carbocycles. The maximum absolute atomic E-state index is 13.7. The van der Waals surface area contributed by atoms with Gasteiger partial charge >= 0.3 is 18.0 Å². The first-order valence-electron chi connectivity index (χ1n) is 14.7. The van der Waals surface area contributed by atoms with Gasteiger partial charge in [0.1, 0.15) is 34.7 Å². The van der Waals surface area contributed by atoms with E-state index in [1.807, 2.05) is 6.07 Å². The van der Waals surface area contributed by atoms with Crippen LogP contribution in [0.5, 0.6) is 11.5 Å². The van der Waals surface area contributed by atoms with E-state index in [1.165, 1.54) is 25.3 Å². The Morgan fingerprint density at radius 3 is 1.98 bits per heavy atom. The van der Waals surface area contributed by atoms with Crippen LogP contribution in [0.4, 0.5) is 4.79 Å². The Balaban J connectivity index is 1.89. The largest absolute Gasteiger partial charge is 0.497 e. The third-order valence-corrected chi connectivity index (χ3v) is 6.61. The molecular formula is C34H39N3O10. The van der Waals surface area contributed by atoms with Crippen molar-refractivity contribution in [3.8, 4) is 11.5 Å². The van der Waals surface area contributed by atoms with E-state index < -0.39 is 54.1 Å². The second-order valence-corrected chi connectivity index (χ2v) is 11.5. The van der Waals surface area contributed by atoms with E-state index >= 15 is 0 Å². The second-order valence-electron chi connectivity index (χ2n) is 11.5. The van der Waals surface area contributed by atoms with Gasteiger partial charge in [0.25, 0.3) is 0 Å². The highest BCUT2D eigenvalue weighted by molar-refractivity contribution is 5.93. The van der Waals surface area contributed by atoms with Gasteiger partial charge in [0.05, 0.1) is 7.11 Å². The van der Waals surface area contributed by atoms with Crippen molar-refractivity contribution in [2.75, 3.05) is 13.7 Å². The summed E-state index contributed by atoms with van der Waals surface area (Å²) in [7, 11) is 1.54. The molecule has 13 nitrogen and oxygen atoms in total. The van der Waals surface area contributed by atoms with Gasteiger partial charge in [-0.2, -0.15) is 0 Å². The number of methoxy groups -OCH3 is 1. The zero-order valence-corrected chi connectivity index (χ0v) is 26.6. The van der Waals surface area contributed by atoms with Crippen LogP contribution in [0.1, 0.15) is 47.8 Å². The molecule has 0 radical (unpaired) electrons. The van der Waals surface area contributed by atoms with Crippen LogP contribution in [0.2, 0.25) is 0 Å². The van der Waals surface area contributed by atoms with Crippen LogP contribution in [0, 0.1) is 0 Å². The summed E-state index contributed by atoms with van der Waals surface area (Å²) in [4.78, 5) is 62.9. The van der Waals surface area contributed by atoms with E-state index in [4.69, 9.17) is 19.3 Å². The molecule has 3 amide bonds. The van der Waals surface area contributed by atoms with Gasteiger partial charge in [-0.05, 0) is 61.7 Å². The predicted octanol–water partition coefficient (Wildman–Crippen LogP) is 3.34. The molecule has 0 aliphatic carbocycles. The first-order valence-corrected chi connectivity index (χ1v) is 14.7. The van der Waals surface area contributed by atoms with Crippen LogP contribution in [0.15, 0.2) is 72.8 Å². The molecule has 0 aromatic heterocycles. The standard InChI is InChI=1S/C34H39N3O10/c1-34(2,3)47-33(44)37-27(17-21-8-6-5-7-9-21)31(41)36-26(30(40)35-19-22-10-13-24(45-4)14-11-22)18-23-12-15-28(46-20-29(38)39)25(16-23)32(42)43/h5-16,26-27H,17-20H2,1-4H3,(H,35,40)(H,36,41)(H,37,44)(H,38,39)(H,42,43)/t26-,27-/m0/s1. The van der Waals surface area contributed by atoms with Gasteiger partial charge in [0.15, 0.2) is 6.61 Å². The minimum Gasteiger partial charge on any atom is -0.497 e. The van der Waals surface area contributed by atoms with E-state index in [0.29, 0.717) is 11.3 Å². The number of alkyl carbamates (subject to hydrolysis) is 1. The lowest BCUT2D eigenvalue weighted by Gasteiger charge is -2.25. The molecule has 0 spiro atoms. The normalized spacial score (nSPS) is 12.2. The monoisotopic (exact) mass is 649 g/mol. The smallest absolute Gasteiger partial charge is 0.408 e. The molecule has 250 valence electrons. The number of benzene rings is 3. The molecule has 0 aliphatic rings. The number of carbonyl (C=O) groups excluding carboxylic acids is 3. The van der Waals surface area contributed by atoms with Crippen LogP contribution < -0.4 is 25.4 Å². The van der Waals surface area contributed by atoms with Gasteiger partial charge in [0, 0.05) is 19.4 Å². The molecule has 3 aromatic carbocycles. The minimum absolute atomic E-state index is 0.0882. The van der Waals surface area contributed by atoms with Gasteiger partial charge in [-0.3, -0.25) is 9.59 Å². The fraction of sp³-hybridized carbons (Fsp3) is 0.324. The number of aliphatic carboxylic acids is 1. The third-order valence-electron chi connectivity index (χ3n) is 6.61. The number of rotatable bonds is 15. The molecule has 0 aliphatic heterocycles. The molecule has 0 heterocycles. The van der Waals surface area contributed by atoms with Gasteiger partial charge in [-0.25, -0.2) is 14.4 Å². The van der Waals surface area contributed by atoms with Gasteiger partial charge in [0.2, 0.25) is 11.8 Å². The van der Waals surface area contributed by atoms with Gasteiger partial charge in [-0.15, -0.1) is 0 Å². The minimum atomic E-state index is -1.37. The molecule has 3 rings (SSSR count). The van der Waals surface area contributed by atoms with Gasteiger partial charge < -0.3 is 40.4 Å². The lowest BCUT2D eigenvalue weighted by Crippen LogP contribution is -2.55. The van der Waals surface area contributed by atoms with Crippen molar-refractivity contribution < 1.29 is 48.4 Å². The van der Waals surface area contributed by atoms with E-state index in [1.54, 1.807) is 69.3 Å². The maximum atomic E-state index is 13.7. The summed E-state index contributed by atoms with van der Waals surface area (Å²) in [5, 5.41) is 26.8. The highest BCUT2D eigenvalue weighted by atomic mass is 16.6. The van der Waals surface area contributed by atoms with Crippen molar-refractivity contribution >= 4 is 29.8 Å². The molecule has 0 bridgehead atoms. The Labute approximate surface area is 272 Å². The molecule has 0 saturated heterocycles. The Hall–Kier alpha value is -5.59. The topological polar surface area (TPSA) is 190 Å². The van der Waals surface area contributed by atoms with Crippen molar-refractivity contribution in [1.82, 2.24) is 16.0 Å². The summed E-state index contributed by atoms with van der Waals surface area (Å²) in [6, 6.07) is 17.6. The Kier molecular flexibility index (Phi) is 12.7. The summed E-state index contributed by atoms with van der Waals surface area (Å²) in [5.41, 5.74) is 0.693. The molecular weight excluding hydrogens is 610 g/mol. The molecule has 2 atom stereocenters. The molecule has 13 heteroatoms. The van der Waals surface area contributed by atoms with Crippen LogP contribution >= 0.6 is 0 Å². The number of carboxylic acids is 2. The van der Waals surface area contributed by atoms with Crippen LogP contribution in [0.25, 0.3) is 0 Å². The zero-order valence-electron chi connectivity index (χ0n) is 26.6. The summed E-state index contributed by atoms with van der Waals surface area (Å²) in [5.74, 6) is -3.44. The summed E-state index contributed by atoms with van der Waals surface area (Å²) in [6.45, 7) is 4.42. The number of carbonyl (C=O) groups is 5. The Bertz CT molecular complexity index is 1550. The molecule has 5 N–H and O–H groups in total. The van der Waals surface area contributed by atoms with Crippen LogP contribution in [0.3, 0.4) is 0 Å². The van der Waals surface area contributed by atoms with E-state index in [0.717, 1.165) is 11.1 Å². The molecule has 0 unspecified atom stereocenters. The van der Waals surface area contributed by atoms with Crippen molar-refractivity contribution in [1.29, 1.82) is 0 Å². The lowest BCUT2D eigenvalue weighted by atomic mass is 10.0. The maximum Gasteiger partial charge on any atom is 0.408 e. The number of ether oxygens (including phenoxy) is 3. The van der Waals surface area contributed by atoms with Crippen molar-refractivity contribution in [3.63, 3.8) is 0 Å². The molecule has 3 aromatic rings.